The predicted molar refractivity (Wildman–Crippen MR) is 70.4 cm³/mol. The Bertz CT molecular complexity index is 368. The van der Waals surface area contributed by atoms with E-state index in [2.05, 4.69) is 17.2 Å². The molecule has 0 aliphatic heterocycles. The Balaban J connectivity index is 2.30. The minimum Gasteiger partial charge on any atom is -0.352 e. The summed E-state index contributed by atoms with van der Waals surface area (Å²) in [6, 6.07) is 1.84. The normalized spacial score (nSPS) is 12.2. The molecule has 0 aliphatic rings. The van der Waals surface area contributed by atoms with Crippen LogP contribution in [-0.4, -0.2) is 23.3 Å². The predicted octanol–water partition coefficient (Wildman–Crippen LogP) is 2.77. The van der Waals surface area contributed by atoms with Crippen molar-refractivity contribution in [3.05, 3.63) is 29.6 Å². The van der Waals surface area contributed by atoms with Crippen LogP contribution in [0.25, 0.3) is 0 Å². The van der Waals surface area contributed by atoms with Crippen molar-refractivity contribution in [2.75, 3.05) is 12.4 Å². The van der Waals surface area contributed by atoms with Crippen LogP contribution in [-0.2, 0) is 0 Å². The van der Waals surface area contributed by atoms with Gasteiger partial charge in [0.25, 0.3) is 5.91 Å². The Hall–Kier alpha value is -1.09. The molecule has 0 saturated heterocycles. The Kier molecular flexibility index (Phi) is 5.98. The lowest BCUT2D eigenvalue weighted by atomic mass is 10.1. The molecule has 1 aromatic heterocycles. The number of halogens is 1. The van der Waals surface area contributed by atoms with Gasteiger partial charge in [-0.25, -0.2) is 0 Å². The van der Waals surface area contributed by atoms with E-state index in [1.165, 1.54) is 0 Å². The number of nitrogens with zero attached hydrogens (tertiary/aromatic N) is 1. The largest absolute Gasteiger partial charge is 0.352 e. The fraction of sp³-hybridized carbons (Fsp3) is 0.538. The number of amides is 1. The number of aryl methyl sites for hydroxylation is 1. The van der Waals surface area contributed by atoms with Gasteiger partial charge in [0.2, 0.25) is 0 Å². The topological polar surface area (TPSA) is 42.0 Å². The first-order chi connectivity index (χ1) is 8.13. The van der Waals surface area contributed by atoms with Gasteiger partial charge in [0.15, 0.2) is 0 Å². The summed E-state index contributed by atoms with van der Waals surface area (Å²) in [7, 11) is 0. The van der Waals surface area contributed by atoms with E-state index in [-0.39, 0.29) is 5.91 Å². The molecule has 1 rings (SSSR count). The van der Waals surface area contributed by atoms with Crippen LogP contribution in [0.2, 0.25) is 0 Å². The molecule has 4 heteroatoms. The quantitative estimate of drug-likeness (QED) is 0.627. The molecule has 0 aliphatic carbocycles. The number of pyridine rings is 1. The SMILES string of the molecule is Cc1cncc(C(=O)NCCCC(C)CCl)c1. The van der Waals surface area contributed by atoms with Crippen molar-refractivity contribution in [2.24, 2.45) is 5.92 Å². The van der Waals surface area contributed by atoms with Crippen LogP contribution in [0.4, 0.5) is 0 Å². The standard InChI is InChI=1S/C13H19ClN2O/c1-10(7-14)4-3-5-16-13(17)12-6-11(2)8-15-9-12/h6,8-10H,3-5,7H2,1-2H3,(H,16,17). The minimum absolute atomic E-state index is 0.0558. The van der Waals surface area contributed by atoms with Crippen LogP contribution < -0.4 is 5.32 Å². The third-order valence-corrected chi connectivity index (χ3v) is 3.09. The smallest absolute Gasteiger partial charge is 0.252 e. The highest BCUT2D eigenvalue weighted by molar-refractivity contribution is 6.18. The molecule has 3 nitrogen and oxygen atoms in total. The molecule has 0 saturated carbocycles. The zero-order valence-corrected chi connectivity index (χ0v) is 11.1. The summed E-state index contributed by atoms with van der Waals surface area (Å²) in [5.41, 5.74) is 1.61. The fourth-order valence-electron chi connectivity index (χ4n) is 1.51. The van der Waals surface area contributed by atoms with Crippen molar-refractivity contribution in [3.8, 4) is 0 Å². The summed E-state index contributed by atoms with van der Waals surface area (Å²) < 4.78 is 0. The molecule has 1 heterocycles. The van der Waals surface area contributed by atoms with Gasteiger partial charge in [-0.1, -0.05) is 6.92 Å². The molecule has 1 unspecified atom stereocenters. The van der Waals surface area contributed by atoms with Crippen LogP contribution in [0.5, 0.6) is 0 Å². The Morgan fingerprint density at radius 1 is 1.53 bits per heavy atom. The first-order valence-corrected chi connectivity index (χ1v) is 6.42. The molecule has 0 radical (unpaired) electrons. The van der Waals surface area contributed by atoms with E-state index in [0.717, 1.165) is 18.4 Å². The van der Waals surface area contributed by atoms with Crippen LogP contribution in [0, 0.1) is 12.8 Å². The fourth-order valence-corrected chi connectivity index (χ4v) is 1.67. The molecule has 94 valence electrons. The van der Waals surface area contributed by atoms with Crippen molar-refractivity contribution in [3.63, 3.8) is 0 Å². The van der Waals surface area contributed by atoms with Crippen molar-refractivity contribution < 1.29 is 4.79 Å². The molecule has 17 heavy (non-hydrogen) atoms. The molecule has 1 N–H and O–H groups in total. The van der Waals surface area contributed by atoms with Crippen LogP contribution >= 0.6 is 11.6 Å². The minimum atomic E-state index is -0.0558. The molecule has 1 amide bonds. The Morgan fingerprint density at radius 3 is 2.94 bits per heavy atom. The molecule has 0 fully saturated rings. The third-order valence-electron chi connectivity index (χ3n) is 2.56. The van der Waals surface area contributed by atoms with Crippen molar-refractivity contribution in [1.82, 2.24) is 10.3 Å². The van der Waals surface area contributed by atoms with Gasteiger partial charge in [0.05, 0.1) is 5.56 Å². The number of hydrogen-bond donors (Lipinski definition) is 1. The Morgan fingerprint density at radius 2 is 2.29 bits per heavy atom. The Labute approximate surface area is 108 Å². The van der Waals surface area contributed by atoms with Gasteiger partial charge in [-0.2, -0.15) is 0 Å². The number of rotatable bonds is 6. The second kappa shape index (κ2) is 7.28. The van der Waals surface area contributed by atoms with Gasteiger partial charge in [-0.15, -0.1) is 11.6 Å². The van der Waals surface area contributed by atoms with E-state index in [1.54, 1.807) is 12.4 Å². The van der Waals surface area contributed by atoms with E-state index >= 15 is 0 Å². The number of aromatic nitrogens is 1. The van der Waals surface area contributed by atoms with Crippen molar-refractivity contribution in [2.45, 2.75) is 26.7 Å². The van der Waals surface area contributed by atoms with E-state index in [4.69, 9.17) is 11.6 Å². The van der Waals surface area contributed by atoms with E-state index in [9.17, 15) is 4.79 Å². The number of nitrogens with one attached hydrogen (secondary N) is 1. The highest BCUT2D eigenvalue weighted by Gasteiger charge is 2.05. The first-order valence-electron chi connectivity index (χ1n) is 5.89. The molecule has 0 aromatic carbocycles. The second-order valence-electron chi connectivity index (χ2n) is 4.41. The van der Waals surface area contributed by atoms with Gasteiger partial charge < -0.3 is 5.32 Å². The number of carbonyl (C=O) groups excluding carboxylic acids is 1. The molecule has 1 atom stereocenters. The lowest BCUT2D eigenvalue weighted by Gasteiger charge is -2.08. The molecule has 1 aromatic rings. The van der Waals surface area contributed by atoms with E-state index in [0.29, 0.717) is 23.9 Å². The average Bonchev–Trinajstić information content (AvgIpc) is 2.34. The highest BCUT2D eigenvalue weighted by Crippen LogP contribution is 2.06. The molecular weight excluding hydrogens is 236 g/mol. The lowest BCUT2D eigenvalue weighted by molar-refractivity contribution is 0.0952. The van der Waals surface area contributed by atoms with Gasteiger partial charge in [0, 0.05) is 24.8 Å². The number of carbonyl (C=O) groups is 1. The van der Waals surface area contributed by atoms with Gasteiger partial charge in [-0.05, 0) is 37.3 Å². The third kappa shape index (κ3) is 5.18. The summed E-state index contributed by atoms with van der Waals surface area (Å²) in [6.45, 7) is 4.72. The highest BCUT2D eigenvalue weighted by atomic mass is 35.5. The summed E-state index contributed by atoms with van der Waals surface area (Å²) in [5.74, 6) is 1.13. The van der Waals surface area contributed by atoms with Gasteiger partial charge in [0.1, 0.15) is 0 Å². The van der Waals surface area contributed by atoms with E-state index in [1.807, 2.05) is 13.0 Å². The summed E-state index contributed by atoms with van der Waals surface area (Å²) in [6.07, 6.45) is 5.32. The van der Waals surface area contributed by atoms with Crippen LogP contribution in [0.3, 0.4) is 0 Å². The van der Waals surface area contributed by atoms with E-state index < -0.39 is 0 Å². The average molecular weight is 255 g/mol. The summed E-state index contributed by atoms with van der Waals surface area (Å²) >= 11 is 5.71. The maximum Gasteiger partial charge on any atom is 0.252 e. The van der Waals surface area contributed by atoms with Crippen molar-refractivity contribution in [1.29, 1.82) is 0 Å². The van der Waals surface area contributed by atoms with Gasteiger partial charge in [-0.3, -0.25) is 9.78 Å². The maximum atomic E-state index is 11.7. The molecular formula is C13H19ClN2O. The monoisotopic (exact) mass is 254 g/mol. The molecule has 0 bridgehead atoms. The number of alkyl halides is 1. The van der Waals surface area contributed by atoms with Crippen LogP contribution in [0.1, 0.15) is 35.7 Å². The maximum absolute atomic E-state index is 11.7. The molecule has 0 spiro atoms. The lowest BCUT2D eigenvalue weighted by Crippen LogP contribution is -2.25. The zero-order chi connectivity index (χ0) is 12.7. The van der Waals surface area contributed by atoms with Gasteiger partial charge >= 0.3 is 0 Å². The zero-order valence-electron chi connectivity index (χ0n) is 10.4. The van der Waals surface area contributed by atoms with Crippen LogP contribution in [0.15, 0.2) is 18.5 Å². The summed E-state index contributed by atoms with van der Waals surface area (Å²) in [5, 5.41) is 2.88. The van der Waals surface area contributed by atoms with Crippen molar-refractivity contribution >= 4 is 17.5 Å². The second-order valence-corrected chi connectivity index (χ2v) is 4.72. The first kappa shape index (κ1) is 14.0. The summed E-state index contributed by atoms with van der Waals surface area (Å²) in [4.78, 5) is 15.7. The number of hydrogen-bond acceptors (Lipinski definition) is 2.